The highest BCUT2D eigenvalue weighted by atomic mass is 79.9. The van der Waals surface area contributed by atoms with Gasteiger partial charge < -0.3 is 25.3 Å². The third-order valence-electron chi connectivity index (χ3n) is 3.61. The Balaban J connectivity index is 2.10. The Morgan fingerprint density at radius 2 is 2.15 bits per heavy atom. The van der Waals surface area contributed by atoms with Gasteiger partial charge in [0.1, 0.15) is 30.0 Å². The summed E-state index contributed by atoms with van der Waals surface area (Å²) in [5, 5.41) is 20.8. The minimum absolute atomic E-state index is 0.348. The lowest BCUT2D eigenvalue weighted by Gasteiger charge is -2.17. The van der Waals surface area contributed by atoms with E-state index in [9.17, 15) is 10.2 Å². The zero-order chi connectivity index (χ0) is 14.4. The van der Waals surface area contributed by atoms with Gasteiger partial charge in [0.05, 0.1) is 11.5 Å². The molecule has 1 aliphatic heterocycles. The SMILES string of the molecule is CC[C@H]1O[C@@H](n2cc(Br)c3c(N)ncnc32)[C@H](O)[C@@H]1O. The van der Waals surface area contributed by atoms with E-state index >= 15 is 0 Å². The number of hydrogen-bond acceptors (Lipinski definition) is 6. The van der Waals surface area contributed by atoms with Crippen LogP contribution >= 0.6 is 15.9 Å². The zero-order valence-electron chi connectivity index (χ0n) is 10.8. The van der Waals surface area contributed by atoms with E-state index in [0.717, 1.165) is 4.47 Å². The van der Waals surface area contributed by atoms with Gasteiger partial charge in [-0.15, -0.1) is 0 Å². The van der Waals surface area contributed by atoms with Crippen molar-refractivity contribution < 1.29 is 14.9 Å². The Morgan fingerprint density at radius 1 is 1.40 bits per heavy atom. The van der Waals surface area contributed by atoms with Crippen LogP contribution in [0.2, 0.25) is 0 Å². The molecule has 0 amide bonds. The van der Waals surface area contributed by atoms with Crippen LogP contribution in [0.5, 0.6) is 0 Å². The second-order valence-electron chi connectivity index (χ2n) is 4.80. The summed E-state index contributed by atoms with van der Waals surface area (Å²) in [6.45, 7) is 1.90. The first kappa shape index (κ1) is 13.7. The average molecular weight is 343 g/mol. The molecule has 4 atom stereocenters. The van der Waals surface area contributed by atoms with Crippen LogP contribution in [-0.4, -0.2) is 43.1 Å². The predicted octanol–water partition coefficient (Wildman–Crippen LogP) is 0.805. The Morgan fingerprint density at radius 3 is 2.80 bits per heavy atom. The summed E-state index contributed by atoms with van der Waals surface area (Å²) in [7, 11) is 0. The lowest BCUT2D eigenvalue weighted by atomic mass is 10.1. The van der Waals surface area contributed by atoms with Crippen LogP contribution in [0, 0.1) is 0 Å². The Labute approximate surface area is 123 Å². The first-order chi connectivity index (χ1) is 9.54. The number of aliphatic hydroxyl groups excluding tert-OH is 2. The smallest absolute Gasteiger partial charge is 0.164 e. The molecule has 1 fully saturated rings. The van der Waals surface area contributed by atoms with Gasteiger partial charge in [0.2, 0.25) is 0 Å². The minimum atomic E-state index is -1.02. The molecule has 8 heteroatoms. The van der Waals surface area contributed by atoms with E-state index < -0.39 is 24.5 Å². The molecule has 3 rings (SSSR count). The Hall–Kier alpha value is -1.22. The van der Waals surface area contributed by atoms with Gasteiger partial charge in [0.25, 0.3) is 0 Å². The lowest BCUT2D eigenvalue weighted by Crippen LogP contribution is -2.31. The molecule has 7 nitrogen and oxygen atoms in total. The minimum Gasteiger partial charge on any atom is -0.388 e. The highest BCUT2D eigenvalue weighted by Crippen LogP contribution is 2.36. The first-order valence-corrected chi connectivity index (χ1v) is 7.12. The maximum Gasteiger partial charge on any atom is 0.164 e. The molecule has 1 saturated heterocycles. The van der Waals surface area contributed by atoms with E-state index in [4.69, 9.17) is 10.5 Å². The van der Waals surface area contributed by atoms with Crippen LogP contribution in [0.15, 0.2) is 17.0 Å². The number of ether oxygens (including phenoxy) is 1. The van der Waals surface area contributed by atoms with E-state index in [1.807, 2.05) is 6.92 Å². The van der Waals surface area contributed by atoms with Gasteiger partial charge in [-0.05, 0) is 22.4 Å². The molecule has 2 aromatic heterocycles. The van der Waals surface area contributed by atoms with Crippen molar-refractivity contribution in [2.75, 3.05) is 5.73 Å². The van der Waals surface area contributed by atoms with Gasteiger partial charge in [0, 0.05) is 10.7 Å². The standard InChI is InChI=1S/C12H15BrN4O3/c1-2-6-8(18)9(19)12(20-6)17-3-5(13)7-10(14)15-4-16-11(7)17/h3-4,6,8-9,12,18-19H,2H2,1H3,(H2,14,15,16)/t6-,8-,9-,12-/m1/s1. The van der Waals surface area contributed by atoms with Gasteiger partial charge in [-0.3, -0.25) is 0 Å². The molecule has 0 spiro atoms. The number of aliphatic hydroxyl groups is 2. The maximum atomic E-state index is 10.2. The summed E-state index contributed by atoms with van der Waals surface area (Å²) < 4.78 is 8.11. The van der Waals surface area contributed by atoms with Crippen molar-refractivity contribution in [2.24, 2.45) is 0 Å². The number of anilines is 1. The molecule has 108 valence electrons. The van der Waals surface area contributed by atoms with Crippen LogP contribution < -0.4 is 5.73 Å². The highest BCUT2D eigenvalue weighted by Gasteiger charge is 2.43. The summed E-state index contributed by atoms with van der Waals surface area (Å²) in [5.74, 6) is 0.348. The van der Waals surface area contributed by atoms with E-state index in [1.54, 1.807) is 10.8 Å². The quantitative estimate of drug-likeness (QED) is 0.745. The molecule has 0 aromatic carbocycles. The van der Waals surface area contributed by atoms with Crippen molar-refractivity contribution in [3.63, 3.8) is 0 Å². The number of fused-ring (bicyclic) bond motifs is 1. The first-order valence-electron chi connectivity index (χ1n) is 6.32. The van der Waals surface area contributed by atoms with E-state index in [-0.39, 0.29) is 0 Å². The fourth-order valence-electron chi connectivity index (χ4n) is 2.55. The number of aromatic nitrogens is 3. The second kappa shape index (κ2) is 4.96. The van der Waals surface area contributed by atoms with Gasteiger partial charge in [-0.2, -0.15) is 0 Å². The van der Waals surface area contributed by atoms with Crippen molar-refractivity contribution in [1.82, 2.24) is 14.5 Å². The van der Waals surface area contributed by atoms with Crippen molar-refractivity contribution in [1.29, 1.82) is 0 Å². The molecule has 0 saturated carbocycles. The monoisotopic (exact) mass is 342 g/mol. The molecular weight excluding hydrogens is 328 g/mol. The summed E-state index contributed by atoms with van der Waals surface area (Å²) in [4.78, 5) is 8.13. The Bertz CT molecular complexity index is 647. The third kappa shape index (κ3) is 1.91. The second-order valence-corrected chi connectivity index (χ2v) is 5.65. The van der Waals surface area contributed by atoms with Crippen molar-refractivity contribution in [3.05, 3.63) is 17.0 Å². The fraction of sp³-hybridized carbons (Fsp3) is 0.500. The van der Waals surface area contributed by atoms with Crippen LogP contribution in [0.1, 0.15) is 19.6 Å². The number of hydrogen-bond donors (Lipinski definition) is 3. The normalized spacial score (nSPS) is 30.2. The molecule has 4 N–H and O–H groups in total. The van der Waals surface area contributed by atoms with Gasteiger partial charge >= 0.3 is 0 Å². The average Bonchev–Trinajstić information content (AvgIpc) is 2.90. The van der Waals surface area contributed by atoms with Crippen LogP contribution in [0.3, 0.4) is 0 Å². The van der Waals surface area contributed by atoms with E-state index in [1.165, 1.54) is 6.33 Å². The molecule has 0 unspecified atom stereocenters. The number of halogens is 1. The zero-order valence-corrected chi connectivity index (χ0v) is 12.4. The molecule has 0 aliphatic carbocycles. The topological polar surface area (TPSA) is 106 Å². The van der Waals surface area contributed by atoms with Gasteiger partial charge in [-0.25, -0.2) is 9.97 Å². The molecule has 1 aliphatic rings. The van der Waals surface area contributed by atoms with E-state index in [2.05, 4.69) is 25.9 Å². The Kier molecular flexibility index (Phi) is 3.41. The largest absolute Gasteiger partial charge is 0.388 e. The third-order valence-corrected chi connectivity index (χ3v) is 4.21. The van der Waals surface area contributed by atoms with Crippen molar-refractivity contribution >= 4 is 32.8 Å². The van der Waals surface area contributed by atoms with E-state index in [0.29, 0.717) is 23.3 Å². The molecule has 3 heterocycles. The summed E-state index contributed by atoms with van der Waals surface area (Å²) >= 11 is 3.40. The van der Waals surface area contributed by atoms with Gasteiger partial charge in [0.15, 0.2) is 6.23 Å². The van der Waals surface area contributed by atoms with Gasteiger partial charge in [-0.1, -0.05) is 6.92 Å². The predicted molar refractivity (Wildman–Crippen MR) is 75.9 cm³/mol. The number of nitrogen functional groups attached to an aromatic ring is 1. The highest BCUT2D eigenvalue weighted by molar-refractivity contribution is 9.10. The molecule has 2 aromatic rings. The van der Waals surface area contributed by atoms with Crippen LogP contribution in [0.25, 0.3) is 11.0 Å². The molecule has 0 bridgehead atoms. The van der Waals surface area contributed by atoms with Crippen molar-refractivity contribution in [3.8, 4) is 0 Å². The number of rotatable bonds is 2. The maximum absolute atomic E-state index is 10.2. The van der Waals surface area contributed by atoms with Crippen LogP contribution in [0.4, 0.5) is 5.82 Å². The number of nitrogens with zero attached hydrogens (tertiary/aromatic N) is 3. The molecule has 20 heavy (non-hydrogen) atoms. The summed E-state index contributed by atoms with van der Waals surface area (Å²) in [6.07, 6.45) is 0.679. The van der Waals surface area contributed by atoms with Crippen LogP contribution in [-0.2, 0) is 4.74 Å². The van der Waals surface area contributed by atoms with Crippen molar-refractivity contribution in [2.45, 2.75) is 37.9 Å². The lowest BCUT2D eigenvalue weighted by molar-refractivity contribution is -0.0353. The molecular formula is C12H15BrN4O3. The number of nitrogens with two attached hydrogens (primary N) is 1. The summed E-state index contributed by atoms with van der Waals surface area (Å²) in [5.41, 5.74) is 6.39. The molecule has 0 radical (unpaired) electrons. The fourth-order valence-corrected chi connectivity index (χ4v) is 3.15. The summed E-state index contributed by atoms with van der Waals surface area (Å²) in [6, 6.07) is 0.